The Morgan fingerprint density at radius 2 is 1.80 bits per heavy atom. The van der Waals surface area contributed by atoms with Gasteiger partial charge in [-0.25, -0.2) is 0 Å². The second-order valence-electron chi connectivity index (χ2n) is 4.73. The van der Waals surface area contributed by atoms with Gasteiger partial charge in [-0.1, -0.05) is 54.1 Å². The lowest BCUT2D eigenvalue weighted by Crippen LogP contribution is -2.01. The van der Waals surface area contributed by atoms with E-state index in [1.54, 1.807) is 30.3 Å². The minimum Gasteiger partial charge on any atom is -0.288 e. The zero-order chi connectivity index (χ0) is 14.5. The number of benzene rings is 2. The van der Waals surface area contributed by atoms with E-state index >= 15 is 0 Å². The van der Waals surface area contributed by atoms with Gasteiger partial charge in [0.25, 0.3) is 0 Å². The molecule has 20 heavy (non-hydrogen) atoms. The van der Waals surface area contributed by atoms with Crippen molar-refractivity contribution in [1.82, 2.24) is 0 Å². The maximum absolute atomic E-state index is 12.3. The SMILES string of the molecule is Cc1ccc(/C=C(\C#N)C(=O)c2ccccc2)c(C)c1. The summed E-state index contributed by atoms with van der Waals surface area (Å²) < 4.78 is 0. The van der Waals surface area contributed by atoms with E-state index in [-0.39, 0.29) is 11.4 Å². The van der Waals surface area contributed by atoms with Crippen molar-refractivity contribution in [2.45, 2.75) is 13.8 Å². The summed E-state index contributed by atoms with van der Waals surface area (Å²) in [5.74, 6) is -0.243. The molecule has 0 fully saturated rings. The molecular weight excluding hydrogens is 246 g/mol. The van der Waals surface area contributed by atoms with Crippen molar-refractivity contribution in [3.63, 3.8) is 0 Å². The quantitative estimate of drug-likeness (QED) is 0.474. The molecule has 0 saturated carbocycles. The number of carbonyl (C=O) groups is 1. The number of nitriles is 1. The van der Waals surface area contributed by atoms with Crippen LogP contribution in [0.3, 0.4) is 0 Å². The van der Waals surface area contributed by atoms with E-state index in [2.05, 4.69) is 0 Å². The van der Waals surface area contributed by atoms with Gasteiger partial charge < -0.3 is 0 Å². The molecule has 0 aliphatic carbocycles. The lowest BCUT2D eigenvalue weighted by atomic mass is 9.99. The molecule has 0 aliphatic heterocycles. The summed E-state index contributed by atoms with van der Waals surface area (Å²) in [6.45, 7) is 3.99. The number of allylic oxidation sites excluding steroid dienone is 1. The Bertz CT molecular complexity index is 706. The maximum atomic E-state index is 12.3. The van der Waals surface area contributed by atoms with Crippen molar-refractivity contribution in [1.29, 1.82) is 5.26 Å². The van der Waals surface area contributed by atoms with Gasteiger partial charge >= 0.3 is 0 Å². The molecule has 98 valence electrons. The highest BCUT2D eigenvalue weighted by molar-refractivity contribution is 6.14. The summed E-state index contributed by atoms with van der Waals surface area (Å²) in [7, 11) is 0. The number of hydrogen-bond donors (Lipinski definition) is 0. The van der Waals surface area contributed by atoms with Crippen molar-refractivity contribution in [2.24, 2.45) is 0 Å². The van der Waals surface area contributed by atoms with Crippen LogP contribution in [0.2, 0.25) is 0 Å². The van der Waals surface area contributed by atoms with Gasteiger partial charge in [-0.15, -0.1) is 0 Å². The number of aryl methyl sites for hydroxylation is 2. The van der Waals surface area contributed by atoms with E-state index in [1.165, 1.54) is 0 Å². The van der Waals surface area contributed by atoms with Crippen LogP contribution in [0.5, 0.6) is 0 Å². The molecule has 2 nitrogen and oxygen atoms in total. The molecule has 0 aromatic heterocycles. The first-order chi connectivity index (χ1) is 9.61. The monoisotopic (exact) mass is 261 g/mol. The summed E-state index contributed by atoms with van der Waals surface area (Å²) in [5.41, 5.74) is 3.80. The Morgan fingerprint density at radius 3 is 2.40 bits per heavy atom. The van der Waals surface area contributed by atoms with E-state index in [1.807, 2.05) is 44.2 Å². The Kier molecular flexibility index (Phi) is 4.12. The molecule has 0 aliphatic rings. The number of nitrogens with zero attached hydrogens (tertiary/aromatic N) is 1. The first-order valence-electron chi connectivity index (χ1n) is 6.40. The highest BCUT2D eigenvalue weighted by atomic mass is 16.1. The smallest absolute Gasteiger partial charge is 0.203 e. The minimum atomic E-state index is -0.243. The Hall–Kier alpha value is -2.66. The largest absolute Gasteiger partial charge is 0.288 e. The maximum Gasteiger partial charge on any atom is 0.203 e. The molecule has 0 unspecified atom stereocenters. The minimum absolute atomic E-state index is 0.156. The van der Waals surface area contributed by atoms with Crippen LogP contribution in [-0.2, 0) is 0 Å². The average molecular weight is 261 g/mol. The molecule has 0 heterocycles. The molecule has 0 atom stereocenters. The van der Waals surface area contributed by atoms with Gasteiger partial charge in [0.2, 0.25) is 5.78 Å². The third-order valence-corrected chi connectivity index (χ3v) is 3.13. The van der Waals surface area contributed by atoms with Gasteiger partial charge in [-0.05, 0) is 31.1 Å². The van der Waals surface area contributed by atoms with Crippen molar-refractivity contribution >= 4 is 11.9 Å². The molecule has 2 heteroatoms. The van der Waals surface area contributed by atoms with Crippen LogP contribution in [0.1, 0.15) is 27.0 Å². The fraction of sp³-hybridized carbons (Fsp3) is 0.111. The number of Topliss-reactive ketones (excluding diaryl/α,β-unsaturated/α-hetero) is 1. The van der Waals surface area contributed by atoms with Crippen LogP contribution in [0, 0.1) is 25.2 Å². The second kappa shape index (κ2) is 5.99. The van der Waals surface area contributed by atoms with Gasteiger partial charge in [0.15, 0.2) is 0 Å². The third-order valence-electron chi connectivity index (χ3n) is 3.13. The van der Waals surface area contributed by atoms with E-state index in [4.69, 9.17) is 0 Å². The lowest BCUT2D eigenvalue weighted by molar-refractivity contribution is 0.104. The van der Waals surface area contributed by atoms with Crippen LogP contribution in [0.4, 0.5) is 0 Å². The normalized spacial score (nSPS) is 10.9. The molecule has 2 aromatic rings. The van der Waals surface area contributed by atoms with Crippen molar-refractivity contribution in [2.75, 3.05) is 0 Å². The molecule has 0 saturated heterocycles. The van der Waals surface area contributed by atoms with Crippen LogP contribution in [0.15, 0.2) is 54.1 Å². The molecule has 0 bridgehead atoms. The number of ketones is 1. The van der Waals surface area contributed by atoms with Gasteiger partial charge in [-0.2, -0.15) is 5.26 Å². The molecule has 0 spiro atoms. The molecule has 0 amide bonds. The summed E-state index contributed by atoms with van der Waals surface area (Å²) in [5, 5.41) is 9.23. The average Bonchev–Trinajstić information content (AvgIpc) is 2.47. The van der Waals surface area contributed by atoms with Crippen LogP contribution < -0.4 is 0 Å². The summed E-state index contributed by atoms with van der Waals surface area (Å²) >= 11 is 0. The number of carbonyl (C=O) groups excluding carboxylic acids is 1. The van der Waals surface area contributed by atoms with E-state index < -0.39 is 0 Å². The fourth-order valence-electron chi connectivity index (χ4n) is 2.04. The van der Waals surface area contributed by atoms with E-state index in [0.29, 0.717) is 5.56 Å². The topological polar surface area (TPSA) is 40.9 Å². The predicted molar refractivity (Wildman–Crippen MR) is 80.3 cm³/mol. The van der Waals surface area contributed by atoms with Crippen molar-refractivity contribution in [3.05, 3.63) is 76.4 Å². The summed E-state index contributed by atoms with van der Waals surface area (Å²) in [6, 6.07) is 16.8. The Morgan fingerprint density at radius 1 is 1.10 bits per heavy atom. The van der Waals surface area contributed by atoms with Gasteiger partial charge in [0, 0.05) is 5.56 Å². The first-order valence-corrected chi connectivity index (χ1v) is 6.40. The van der Waals surface area contributed by atoms with Crippen LogP contribution in [0.25, 0.3) is 6.08 Å². The third kappa shape index (κ3) is 3.02. The van der Waals surface area contributed by atoms with Crippen LogP contribution >= 0.6 is 0 Å². The first kappa shape index (κ1) is 13.8. The van der Waals surface area contributed by atoms with Crippen molar-refractivity contribution < 1.29 is 4.79 Å². The van der Waals surface area contributed by atoms with Gasteiger partial charge in [-0.3, -0.25) is 4.79 Å². The highest BCUT2D eigenvalue weighted by Crippen LogP contribution is 2.16. The summed E-state index contributed by atoms with van der Waals surface area (Å²) in [4.78, 5) is 12.3. The molecule has 2 aromatic carbocycles. The Balaban J connectivity index is 2.40. The molecule has 0 N–H and O–H groups in total. The van der Waals surface area contributed by atoms with Crippen molar-refractivity contribution in [3.8, 4) is 6.07 Å². The molecule has 2 rings (SSSR count). The lowest BCUT2D eigenvalue weighted by Gasteiger charge is -2.03. The Labute approximate surface area is 119 Å². The predicted octanol–water partition coefficient (Wildman–Crippen LogP) is 4.09. The number of hydrogen-bond acceptors (Lipinski definition) is 2. The zero-order valence-corrected chi connectivity index (χ0v) is 11.6. The van der Waals surface area contributed by atoms with E-state index in [0.717, 1.165) is 16.7 Å². The summed E-state index contributed by atoms with van der Waals surface area (Å²) in [6.07, 6.45) is 1.66. The van der Waals surface area contributed by atoms with Crippen LogP contribution in [-0.4, -0.2) is 5.78 Å². The van der Waals surface area contributed by atoms with E-state index in [9.17, 15) is 10.1 Å². The molecular formula is C18H15NO. The number of rotatable bonds is 3. The fourth-order valence-corrected chi connectivity index (χ4v) is 2.04. The standard InChI is InChI=1S/C18H15NO/c1-13-8-9-16(14(2)10-13)11-17(12-19)18(20)15-6-4-3-5-7-15/h3-11H,1-2H3/b17-11+. The second-order valence-corrected chi connectivity index (χ2v) is 4.73. The van der Waals surface area contributed by atoms with Gasteiger partial charge in [0.1, 0.15) is 11.6 Å². The highest BCUT2D eigenvalue weighted by Gasteiger charge is 2.11. The van der Waals surface area contributed by atoms with Gasteiger partial charge in [0.05, 0.1) is 0 Å². The zero-order valence-electron chi connectivity index (χ0n) is 11.6. The molecule has 0 radical (unpaired) electrons.